The topological polar surface area (TPSA) is 71.5 Å². The number of hydrogen-bond donors (Lipinski definition) is 1. The van der Waals surface area contributed by atoms with E-state index in [1.54, 1.807) is 19.1 Å². The molecule has 0 spiro atoms. The standard InChI is InChI=1S/C27H28N2O3/c1-4-22-21-14-18(3)17-27(22,23-11-12-25(30)29-24(23)16-21)28-13-7-9-19-8-6-10-20(15-19)26(31)32-5-2/h4,6-15,21H,5,16-17H2,1-3H3,(H,29,30)/b9-7+,22-4+,28-13?/t21-,27+/m0/s1. The van der Waals surface area contributed by atoms with Crippen LogP contribution in [0.2, 0.25) is 0 Å². The van der Waals surface area contributed by atoms with Gasteiger partial charge in [0.05, 0.1) is 12.2 Å². The number of aliphatic imine (C=N–C) groups is 1. The fraction of sp³-hybridized carbons (Fsp3) is 0.296. The molecule has 2 atom stereocenters. The summed E-state index contributed by atoms with van der Waals surface area (Å²) in [7, 11) is 0. The van der Waals surface area contributed by atoms with Crippen molar-refractivity contribution in [1.82, 2.24) is 4.98 Å². The lowest BCUT2D eigenvalue weighted by Crippen LogP contribution is -2.40. The lowest BCUT2D eigenvalue weighted by Gasteiger charge is -2.45. The van der Waals surface area contributed by atoms with Crippen LogP contribution < -0.4 is 5.56 Å². The first-order chi connectivity index (χ1) is 15.5. The van der Waals surface area contributed by atoms with Crippen LogP contribution in [-0.4, -0.2) is 23.8 Å². The van der Waals surface area contributed by atoms with E-state index >= 15 is 0 Å². The molecule has 0 unspecified atom stereocenters. The molecular formula is C27H28N2O3. The van der Waals surface area contributed by atoms with Gasteiger partial charge in [0, 0.05) is 35.9 Å². The van der Waals surface area contributed by atoms with Gasteiger partial charge in [-0.25, -0.2) is 4.79 Å². The number of aromatic amines is 1. The molecule has 2 aromatic rings. The number of rotatable bonds is 5. The summed E-state index contributed by atoms with van der Waals surface area (Å²) in [6.07, 6.45) is 11.7. The van der Waals surface area contributed by atoms with Gasteiger partial charge >= 0.3 is 5.97 Å². The molecule has 4 rings (SSSR count). The van der Waals surface area contributed by atoms with Crippen LogP contribution in [0, 0.1) is 5.92 Å². The first-order valence-electron chi connectivity index (χ1n) is 11.0. The Kier molecular flexibility index (Phi) is 6.08. The Labute approximate surface area is 188 Å². The molecule has 2 aliphatic rings. The predicted octanol–water partition coefficient (Wildman–Crippen LogP) is 5.00. The van der Waals surface area contributed by atoms with Crippen LogP contribution >= 0.6 is 0 Å². The molecule has 0 amide bonds. The van der Waals surface area contributed by atoms with Crippen molar-refractivity contribution in [3.8, 4) is 0 Å². The number of fused-ring (bicyclic) bond motifs is 4. The number of hydrogen-bond acceptors (Lipinski definition) is 4. The Hall–Kier alpha value is -3.47. The van der Waals surface area contributed by atoms with Crippen molar-refractivity contribution in [2.24, 2.45) is 10.9 Å². The molecule has 164 valence electrons. The van der Waals surface area contributed by atoms with Crippen LogP contribution in [0.4, 0.5) is 0 Å². The SMILES string of the molecule is C/C=C1\[C@H]2C=C(C)C[C@]1(N=C/C=C/c1cccc(C(=O)OCC)c1)c1ccc(=O)[nH]c1C2. The number of ether oxygens (including phenoxy) is 1. The highest BCUT2D eigenvalue weighted by Gasteiger charge is 2.46. The van der Waals surface area contributed by atoms with E-state index < -0.39 is 5.54 Å². The first-order valence-corrected chi connectivity index (χ1v) is 11.0. The Morgan fingerprint density at radius 1 is 1.31 bits per heavy atom. The molecule has 32 heavy (non-hydrogen) atoms. The molecule has 1 N–H and O–H groups in total. The average molecular weight is 429 g/mol. The highest BCUT2D eigenvalue weighted by molar-refractivity contribution is 5.90. The van der Waals surface area contributed by atoms with Crippen molar-refractivity contribution in [3.63, 3.8) is 0 Å². The number of carbonyl (C=O) groups is 1. The van der Waals surface area contributed by atoms with Crippen LogP contribution in [0.3, 0.4) is 0 Å². The number of aromatic nitrogens is 1. The average Bonchev–Trinajstić information content (AvgIpc) is 2.76. The van der Waals surface area contributed by atoms with Gasteiger partial charge in [0.15, 0.2) is 0 Å². The van der Waals surface area contributed by atoms with E-state index in [1.165, 1.54) is 11.1 Å². The molecule has 5 heteroatoms. The molecule has 0 saturated heterocycles. The van der Waals surface area contributed by atoms with E-state index in [9.17, 15) is 9.59 Å². The van der Waals surface area contributed by atoms with E-state index in [-0.39, 0.29) is 17.4 Å². The van der Waals surface area contributed by atoms with Gasteiger partial charge in [-0.15, -0.1) is 0 Å². The first kappa shape index (κ1) is 21.8. The van der Waals surface area contributed by atoms with E-state index in [0.29, 0.717) is 12.2 Å². The number of nitrogens with one attached hydrogen (secondary N) is 1. The van der Waals surface area contributed by atoms with Gasteiger partial charge < -0.3 is 9.72 Å². The smallest absolute Gasteiger partial charge is 0.338 e. The van der Waals surface area contributed by atoms with Crippen molar-refractivity contribution in [1.29, 1.82) is 0 Å². The maximum Gasteiger partial charge on any atom is 0.338 e. The summed E-state index contributed by atoms with van der Waals surface area (Å²) in [5, 5.41) is 0. The molecule has 0 fully saturated rings. The van der Waals surface area contributed by atoms with Gasteiger partial charge in [0.25, 0.3) is 0 Å². The molecule has 0 aliphatic heterocycles. The Morgan fingerprint density at radius 2 is 2.16 bits per heavy atom. The third-order valence-electron chi connectivity index (χ3n) is 6.15. The zero-order valence-electron chi connectivity index (χ0n) is 18.7. The van der Waals surface area contributed by atoms with E-state index in [1.807, 2.05) is 42.6 Å². The lowest BCUT2D eigenvalue weighted by atomic mass is 9.63. The molecule has 2 aliphatic carbocycles. The Balaban J connectivity index is 1.68. The van der Waals surface area contributed by atoms with Crippen LogP contribution in [0.1, 0.15) is 54.4 Å². The number of nitrogens with zero attached hydrogens (tertiary/aromatic N) is 1. The molecule has 1 heterocycles. The van der Waals surface area contributed by atoms with E-state index in [0.717, 1.165) is 29.7 Å². The summed E-state index contributed by atoms with van der Waals surface area (Å²) in [5.41, 5.74) is 5.47. The summed E-state index contributed by atoms with van der Waals surface area (Å²) in [4.78, 5) is 32.0. The number of H-pyrrole nitrogens is 1. The summed E-state index contributed by atoms with van der Waals surface area (Å²) >= 11 is 0. The highest BCUT2D eigenvalue weighted by atomic mass is 16.5. The fourth-order valence-corrected chi connectivity index (χ4v) is 4.96. The predicted molar refractivity (Wildman–Crippen MR) is 128 cm³/mol. The van der Waals surface area contributed by atoms with Gasteiger partial charge in [-0.1, -0.05) is 35.9 Å². The molecule has 1 aromatic carbocycles. The van der Waals surface area contributed by atoms with Gasteiger partial charge in [-0.3, -0.25) is 9.79 Å². The van der Waals surface area contributed by atoms with Crippen LogP contribution in [0.15, 0.2) is 75.6 Å². The monoisotopic (exact) mass is 428 g/mol. The van der Waals surface area contributed by atoms with Crippen LogP contribution in [-0.2, 0) is 16.7 Å². The molecule has 0 radical (unpaired) electrons. The highest BCUT2D eigenvalue weighted by Crippen LogP contribution is 2.51. The van der Waals surface area contributed by atoms with Gasteiger partial charge in [-0.2, -0.15) is 0 Å². The normalized spacial score (nSPS) is 23.4. The third-order valence-corrected chi connectivity index (χ3v) is 6.15. The summed E-state index contributed by atoms with van der Waals surface area (Å²) in [5.74, 6) is -0.0852. The maximum atomic E-state index is 12.0. The second kappa shape index (κ2) is 8.95. The van der Waals surface area contributed by atoms with Gasteiger partial charge in [0.2, 0.25) is 5.56 Å². The summed E-state index contributed by atoms with van der Waals surface area (Å²) in [6, 6.07) is 10.9. The van der Waals surface area contributed by atoms with Crippen molar-refractivity contribution < 1.29 is 9.53 Å². The lowest BCUT2D eigenvalue weighted by molar-refractivity contribution is 0.0526. The van der Waals surface area contributed by atoms with Gasteiger partial charge in [-0.05, 0) is 62.6 Å². The van der Waals surface area contributed by atoms with Crippen molar-refractivity contribution in [3.05, 3.63) is 98.5 Å². The minimum atomic E-state index is -0.507. The minimum absolute atomic E-state index is 0.0769. The van der Waals surface area contributed by atoms with Crippen LogP contribution in [0.25, 0.3) is 6.08 Å². The molecule has 2 bridgehead atoms. The number of pyridine rings is 1. The zero-order valence-corrected chi connectivity index (χ0v) is 18.7. The van der Waals surface area contributed by atoms with Gasteiger partial charge in [0.1, 0.15) is 5.54 Å². The number of carbonyl (C=O) groups excluding carboxylic acids is 1. The fourth-order valence-electron chi connectivity index (χ4n) is 4.96. The second-order valence-electron chi connectivity index (χ2n) is 8.30. The summed E-state index contributed by atoms with van der Waals surface area (Å²) in [6.45, 7) is 6.36. The maximum absolute atomic E-state index is 12.0. The van der Waals surface area contributed by atoms with E-state index in [2.05, 4.69) is 31.0 Å². The quantitative estimate of drug-likeness (QED) is 0.414. The van der Waals surface area contributed by atoms with Crippen molar-refractivity contribution in [2.75, 3.05) is 6.61 Å². The van der Waals surface area contributed by atoms with E-state index in [4.69, 9.17) is 9.73 Å². The zero-order chi connectivity index (χ0) is 22.7. The number of esters is 1. The molecule has 0 saturated carbocycles. The Bertz CT molecular complexity index is 1220. The van der Waals surface area contributed by atoms with Crippen molar-refractivity contribution >= 4 is 18.3 Å². The summed E-state index contributed by atoms with van der Waals surface area (Å²) < 4.78 is 5.08. The van der Waals surface area contributed by atoms with Crippen molar-refractivity contribution in [2.45, 2.75) is 39.2 Å². The largest absolute Gasteiger partial charge is 0.462 e. The third kappa shape index (κ3) is 4.03. The number of benzene rings is 1. The Morgan fingerprint density at radius 3 is 2.94 bits per heavy atom. The molecule has 5 nitrogen and oxygen atoms in total. The number of allylic oxidation sites excluding steroid dienone is 3. The minimum Gasteiger partial charge on any atom is -0.462 e. The van der Waals surface area contributed by atoms with Crippen LogP contribution in [0.5, 0.6) is 0 Å². The molecule has 1 aromatic heterocycles. The second-order valence-corrected chi connectivity index (χ2v) is 8.30. The molecular weight excluding hydrogens is 400 g/mol.